The van der Waals surface area contributed by atoms with Gasteiger partial charge in [0, 0.05) is 17.6 Å². The van der Waals surface area contributed by atoms with E-state index in [2.05, 4.69) is 10.3 Å². The number of hydrogen-bond acceptors (Lipinski definition) is 5. The van der Waals surface area contributed by atoms with Crippen molar-refractivity contribution in [2.75, 3.05) is 19.0 Å². The molecule has 0 aliphatic rings. The molecule has 1 unspecified atom stereocenters. The fourth-order valence-electron chi connectivity index (χ4n) is 1.88. The standard InChI is InChI=1S/C15H19N3O2S.ClH/c1-9-4-6-11(7-5-9)13-10(2)21-15(17-13)18-14(19)12(16)8-20-3;/h4-7,12H,8,16H2,1-3H3,(H,17,18,19);1H. The third kappa shape index (κ3) is 4.51. The van der Waals surface area contributed by atoms with Gasteiger partial charge in [0.15, 0.2) is 5.13 Å². The van der Waals surface area contributed by atoms with E-state index in [9.17, 15) is 4.79 Å². The number of halogens is 1. The van der Waals surface area contributed by atoms with Gasteiger partial charge in [-0.15, -0.1) is 23.7 Å². The molecule has 2 rings (SSSR count). The lowest BCUT2D eigenvalue weighted by molar-refractivity contribution is -0.118. The Morgan fingerprint density at radius 1 is 1.36 bits per heavy atom. The number of aryl methyl sites for hydroxylation is 2. The summed E-state index contributed by atoms with van der Waals surface area (Å²) in [6.07, 6.45) is 0. The number of ether oxygens (including phenoxy) is 1. The fraction of sp³-hybridized carbons (Fsp3) is 0.333. The molecule has 0 fully saturated rings. The molecule has 1 amide bonds. The summed E-state index contributed by atoms with van der Waals surface area (Å²) in [7, 11) is 1.51. The van der Waals surface area contributed by atoms with Crippen molar-refractivity contribution in [2.24, 2.45) is 5.73 Å². The monoisotopic (exact) mass is 341 g/mol. The minimum Gasteiger partial charge on any atom is -0.383 e. The minimum absolute atomic E-state index is 0. The Morgan fingerprint density at radius 3 is 2.59 bits per heavy atom. The maximum absolute atomic E-state index is 11.9. The second kappa shape index (κ2) is 8.24. The van der Waals surface area contributed by atoms with Gasteiger partial charge in [-0.3, -0.25) is 4.79 Å². The Hall–Kier alpha value is -1.47. The van der Waals surface area contributed by atoms with Crippen LogP contribution in [0.15, 0.2) is 24.3 Å². The minimum atomic E-state index is -0.693. The van der Waals surface area contributed by atoms with Gasteiger partial charge in [-0.2, -0.15) is 0 Å². The van der Waals surface area contributed by atoms with E-state index < -0.39 is 6.04 Å². The third-order valence-corrected chi connectivity index (χ3v) is 3.92. The lowest BCUT2D eigenvalue weighted by Crippen LogP contribution is -2.39. The second-order valence-corrected chi connectivity index (χ2v) is 6.04. The van der Waals surface area contributed by atoms with Gasteiger partial charge >= 0.3 is 0 Å². The summed E-state index contributed by atoms with van der Waals surface area (Å²) < 4.78 is 4.87. The van der Waals surface area contributed by atoms with Crippen molar-refractivity contribution >= 4 is 34.8 Å². The Labute approximate surface area is 140 Å². The number of carbonyl (C=O) groups is 1. The van der Waals surface area contributed by atoms with Crippen LogP contribution in [0.1, 0.15) is 10.4 Å². The van der Waals surface area contributed by atoms with E-state index >= 15 is 0 Å². The van der Waals surface area contributed by atoms with Gasteiger partial charge in [0.25, 0.3) is 0 Å². The fourth-order valence-corrected chi connectivity index (χ4v) is 2.72. The Kier molecular flexibility index (Phi) is 6.96. The van der Waals surface area contributed by atoms with Crippen LogP contribution in [0.25, 0.3) is 11.3 Å². The van der Waals surface area contributed by atoms with Crippen LogP contribution in [0.4, 0.5) is 5.13 Å². The van der Waals surface area contributed by atoms with Crippen LogP contribution >= 0.6 is 23.7 Å². The van der Waals surface area contributed by atoms with Crippen LogP contribution in [-0.2, 0) is 9.53 Å². The number of benzene rings is 1. The molecule has 0 saturated heterocycles. The maximum atomic E-state index is 11.9. The molecule has 0 saturated carbocycles. The molecular weight excluding hydrogens is 322 g/mol. The van der Waals surface area contributed by atoms with Crippen molar-refractivity contribution < 1.29 is 9.53 Å². The molecule has 3 N–H and O–H groups in total. The van der Waals surface area contributed by atoms with E-state index in [1.54, 1.807) is 0 Å². The normalized spacial score (nSPS) is 11.6. The molecule has 1 aromatic carbocycles. The molecule has 0 aliphatic heterocycles. The first-order valence-electron chi connectivity index (χ1n) is 6.61. The van der Waals surface area contributed by atoms with Crippen LogP contribution in [-0.4, -0.2) is 30.6 Å². The number of methoxy groups -OCH3 is 1. The average molecular weight is 342 g/mol. The van der Waals surface area contributed by atoms with E-state index in [0.29, 0.717) is 5.13 Å². The largest absolute Gasteiger partial charge is 0.383 e. The summed E-state index contributed by atoms with van der Waals surface area (Å²) in [5.41, 5.74) is 8.81. The highest BCUT2D eigenvalue weighted by molar-refractivity contribution is 7.16. The molecule has 0 radical (unpaired) electrons. The first-order chi connectivity index (χ1) is 10.0. The van der Waals surface area contributed by atoms with Crippen molar-refractivity contribution in [1.29, 1.82) is 0 Å². The SMILES string of the molecule is COCC(N)C(=O)Nc1nc(-c2ccc(C)cc2)c(C)s1.Cl. The molecule has 7 heteroatoms. The predicted octanol–water partition coefficient (Wildman–Crippen LogP) is 2.76. The zero-order valence-corrected chi connectivity index (χ0v) is 14.4. The molecule has 5 nitrogen and oxygen atoms in total. The Balaban J connectivity index is 0.00000242. The lowest BCUT2D eigenvalue weighted by atomic mass is 10.1. The number of nitrogens with two attached hydrogens (primary N) is 1. The summed E-state index contributed by atoms with van der Waals surface area (Å²) in [5.74, 6) is -0.291. The number of carbonyl (C=O) groups excluding carboxylic acids is 1. The summed E-state index contributed by atoms with van der Waals surface area (Å²) in [5, 5.41) is 3.29. The average Bonchev–Trinajstić information content (AvgIpc) is 2.80. The van der Waals surface area contributed by atoms with Gasteiger partial charge < -0.3 is 15.8 Å². The van der Waals surface area contributed by atoms with Gasteiger partial charge in [-0.25, -0.2) is 4.98 Å². The van der Waals surface area contributed by atoms with Crippen molar-refractivity contribution in [2.45, 2.75) is 19.9 Å². The second-order valence-electron chi connectivity index (χ2n) is 4.84. The van der Waals surface area contributed by atoms with Crippen molar-refractivity contribution in [1.82, 2.24) is 4.98 Å². The molecule has 120 valence electrons. The van der Waals surface area contributed by atoms with Gasteiger partial charge in [0.05, 0.1) is 12.3 Å². The molecule has 1 aromatic heterocycles. The first-order valence-corrected chi connectivity index (χ1v) is 7.42. The van der Waals surface area contributed by atoms with E-state index in [1.165, 1.54) is 24.0 Å². The summed E-state index contributed by atoms with van der Waals surface area (Å²) in [6.45, 7) is 4.21. The molecular formula is C15H20ClN3O2S. The van der Waals surface area contributed by atoms with Gasteiger partial charge in [-0.1, -0.05) is 29.8 Å². The number of hydrogen-bond donors (Lipinski definition) is 2. The van der Waals surface area contributed by atoms with E-state index in [0.717, 1.165) is 16.1 Å². The van der Waals surface area contributed by atoms with Crippen LogP contribution in [0.5, 0.6) is 0 Å². The van der Waals surface area contributed by atoms with Crippen molar-refractivity contribution in [3.63, 3.8) is 0 Å². The van der Waals surface area contributed by atoms with Gasteiger partial charge in [-0.05, 0) is 13.8 Å². The molecule has 0 aliphatic carbocycles. The zero-order chi connectivity index (χ0) is 15.4. The zero-order valence-electron chi connectivity index (χ0n) is 12.8. The molecule has 0 spiro atoms. The summed E-state index contributed by atoms with van der Waals surface area (Å²) in [4.78, 5) is 17.4. The number of thiazole rings is 1. The Morgan fingerprint density at radius 2 is 2.00 bits per heavy atom. The highest BCUT2D eigenvalue weighted by Gasteiger charge is 2.16. The van der Waals surface area contributed by atoms with Crippen LogP contribution in [0, 0.1) is 13.8 Å². The number of nitrogens with zero attached hydrogens (tertiary/aromatic N) is 1. The van der Waals surface area contributed by atoms with Crippen LogP contribution < -0.4 is 11.1 Å². The number of aromatic nitrogens is 1. The van der Waals surface area contributed by atoms with Gasteiger partial charge in [0.1, 0.15) is 6.04 Å². The van der Waals surface area contributed by atoms with E-state index in [1.807, 2.05) is 38.1 Å². The third-order valence-electron chi connectivity index (χ3n) is 3.03. The topological polar surface area (TPSA) is 77.2 Å². The first kappa shape index (κ1) is 18.6. The molecule has 1 heterocycles. The van der Waals surface area contributed by atoms with E-state index in [4.69, 9.17) is 10.5 Å². The quantitative estimate of drug-likeness (QED) is 0.876. The highest BCUT2D eigenvalue weighted by Crippen LogP contribution is 2.30. The predicted molar refractivity (Wildman–Crippen MR) is 92.8 cm³/mol. The summed E-state index contributed by atoms with van der Waals surface area (Å²) in [6, 6.07) is 7.45. The molecule has 22 heavy (non-hydrogen) atoms. The number of amides is 1. The lowest BCUT2D eigenvalue weighted by Gasteiger charge is -2.08. The van der Waals surface area contributed by atoms with Gasteiger partial charge in [0.2, 0.25) is 5.91 Å². The van der Waals surface area contributed by atoms with Crippen LogP contribution in [0.2, 0.25) is 0 Å². The number of rotatable bonds is 5. The molecule has 0 bridgehead atoms. The smallest absolute Gasteiger partial charge is 0.245 e. The van der Waals surface area contributed by atoms with Crippen LogP contribution in [0.3, 0.4) is 0 Å². The Bertz CT molecular complexity index is 628. The summed E-state index contributed by atoms with van der Waals surface area (Å²) >= 11 is 1.44. The molecule has 2 aromatic rings. The number of nitrogens with one attached hydrogen (secondary N) is 1. The van der Waals surface area contributed by atoms with Crippen molar-refractivity contribution in [3.8, 4) is 11.3 Å². The van der Waals surface area contributed by atoms with E-state index in [-0.39, 0.29) is 24.9 Å². The maximum Gasteiger partial charge on any atom is 0.245 e. The van der Waals surface area contributed by atoms with Crippen molar-refractivity contribution in [3.05, 3.63) is 34.7 Å². The number of anilines is 1. The molecule has 1 atom stereocenters. The highest BCUT2D eigenvalue weighted by atomic mass is 35.5.